The van der Waals surface area contributed by atoms with Gasteiger partial charge >= 0.3 is 0 Å². The summed E-state index contributed by atoms with van der Waals surface area (Å²) in [5.41, 5.74) is 0.407. The summed E-state index contributed by atoms with van der Waals surface area (Å²) in [5, 5.41) is 6.85. The Balaban J connectivity index is 1.77. The third-order valence-corrected chi connectivity index (χ3v) is 6.94. The second-order valence-electron chi connectivity index (χ2n) is 7.82. The quantitative estimate of drug-likeness (QED) is 0.721. The van der Waals surface area contributed by atoms with Gasteiger partial charge in [-0.3, -0.25) is 14.9 Å². The van der Waals surface area contributed by atoms with E-state index in [4.69, 9.17) is 23.2 Å². The first-order valence-corrected chi connectivity index (χ1v) is 10.2. The number of likely N-dealkylation sites (tertiary alicyclic amines) is 1. The molecule has 0 bridgehead atoms. The molecule has 150 valence electrons. The number of hydrogen-bond donors (Lipinski definition) is 2. The molecule has 0 saturated carbocycles. The Morgan fingerprint density at radius 2 is 2.07 bits per heavy atom. The Bertz CT molecular complexity index is 1060. The molecule has 2 amide bonds. The van der Waals surface area contributed by atoms with E-state index in [-0.39, 0.29) is 28.9 Å². The van der Waals surface area contributed by atoms with Gasteiger partial charge in [0.2, 0.25) is 11.8 Å². The van der Waals surface area contributed by atoms with E-state index in [1.54, 1.807) is 35.2 Å². The van der Waals surface area contributed by atoms with Crippen molar-refractivity contribution < 1.29 is 14.0 Å². The van der Waals surface area contributed by atoms with Gasteiger partial charge in [-0.2, -0.15) is 0 Å². The van der Waals surface area contributed by atoms with E-state index in [0.717, 1.165) is 0 Å². The predicted molar refractivity (Wildman–Crippen MR) is 109 cm³/mol. The molecule has 5 nitrogen and oxygen atoms in total. The monoisotopic (exact) mass is 433 g/mol. The first-order valence-electron chi connectivity index (χ1n) is 9.45. The number of benzene rings is 2. The second-order valence-corrected chi connectivity index (χ2v) is 8.66. The van der Waals surface area contributed by atoms with Crippen LogP contribution in [-0.2, 0) is 15.1 Å². The molecular weight excluding hydrogens is 416 g/mol. The zero-order valence-electron chi connectivity index (χ0n) is 15.5. The van der Waals surface area contributed by atoms with E-state index in [0.29, 0.717) is 34.8 Å². The van der Waals surface area contributed by atoms with Gasteiger partial charge in [0.15, 0.2) is 0 Å². The molecule has 0 aromatic heterocycles. The number of carbonyl (C=O) groups is 2. The van der Waals surface area contributed by atoms with Gasteiger partial charge in [0.1, 0.15) is 11.4 Å². The fourth-order valence-electron chi connectivity index (χ4n) is 5.33. The van der Waals surface area contributed by atoms with Crippen molar-refractivity contribution in [2.24, 2.45) is 0 Å². The lowest BCUT2D eigenvalue weighted by Gasteiger charge is -2.36. The standard InChI is InChI=1S/C21H18Cl2FN3O2/c1-10(28)27-8-7-15-19(27)17(12-3-2-4-14(23)18(12)24)21(26-15)13-6-5-11(22)9-16(13)25-20(21)29/h2-6,9,15,17,19,26H,7-8H2,1H3,(H,25,29)/t15-,17-,19+,21+/m0/s1. The summed E-state index contributed by atoms with van der Waals surface area (Å²) in [6, 6.07) is 9.48. The third kappa shape index (κ3) is 2.49. The molecule has 29 heavy (non-hydrogen) atoms. The molecule has 2 aromatic rings. The van der Waals surface area contributed by atoms with Crippen molar-refractivity contribution >= 4 is 40.7 Å². The number of carbonyl (C=O) groups excluding carboxylic acids is 2. The first kappa shape index (κ1) is 18.9. The minimum Gasteiger partial charge on any atom is -0.338 e. The number of amides is 2. The molecule has 2 fully saturated rings. The SMILES string of the molecule is CC(=O)N1CC[C@@H]2N[C@@]3(C(=O)Nc4cc(Cl)ccc43)[C@@H](c3cccc(Cl)c3F)[C@@H]21. The molecule has 4 atom stereocenters. The van der Waals surface area contributed by atoms with Crippen molar-refractivity contribution in [3.63, 3.8) is 0 Å². The summed E-state index contributed by atoms with van der Waals surface area (Å²) in [6.45, 7) is 2.06. The normalized spacial score (nSPS) is 29.9. The lowest BCUT2D eigenvalue weighted by Crippen LogP contribution is -2.50. The van der Waals surface area contributed by atoms with Crippen LogP contribution >= 0.6 is 23.2 Å². The van der Waals surface area contributed by atoms with E-state index >= 15 is 4.39 Å². The van der Waals surface area contributed by atoms with Gasteiger partial charge in [0.25, 0.3) is 0 Å². The fourth-order valence-corrected chi connectivity index (χ4v) is 5.68. The van der Waals surface area contributed by atoms with Crippen LogP contribution in [0.4, 0.5) is 10.1 Å². The van der Waals surface area contributed by atoms with Crippen molar-refractivity contribution in [2.45, 2.75) is 36.9 Å². The van der Waals surface area contributed by atoms with Gasteiger partial charge in [-0.15, -0.1) is 0 Å². The summed E-state index contributed by atoms with van der Waals surface area (Å²) in [6.07, 6.45) is 0.681. The minimum atomic E-state index is -1.21. The highest BCUT2D eigenvalue weighted by Gasteiger charge is 2.65. The highest BCUT2D eigenvalue weighted by molar-refractivity contribution is 6.31. The number of halogens is 3. The van der Waals surface area contributed by atoms with Crippen LogP contribution < -0.4 is 10.6 Å². The van der Waals surface area contributed by atoms with Gasteiger partial charge < -0.3 is 10.2 Å². The predicted octanol–water partition coefficient (Wildman–Crippen LogP) is 3.66. The molecule has 2 aromatic carbocycles. The van der Waals surface area contributed by atoms with E-state index in [1.165, 1.54) is 13.0 Å². The average molecular weight is 434 g/mol. The molecular formula is C21H18Cl2FN3O2. The molecule has 0 aliphatic carbocycles. The second kappa shape index (κ2) is 6.42. The van der Waals surface area contributed by atoms with Crippen LogP contribution in [0, 0.1) is 5.82 Å². The van der Waals surface area contributed by atoms with Crippen molar-refractivity contribution in [1.29, 1.82) is 0 Å². The Morgan fingerprint density at radius 3 is 2.83 bits per heavy atom. The maximum absolute atomic E-state index is 15.2. The van der Waals surface area contributed by atoms with Crippen LogP contribution in [-0.4, -0.2) is 35.3 Å². The third-order valence-electron chi connectivity index (χ3n) is 6.41. The molecule has 3 heterocycles. The topological polar surface area (TPSA) is 61.4 Å². The average Bonchev–Trinajstić information content (AvgIpc) is 3.29. The van der Waals surface area contributed by atoms with Gasteiger partial charge in [-0.25, -0.2) is 4.39 Å². The van der Waals surface area contributed by atoms with Crippen LogP contribution in [0.15, 0.2) is 36.4 Å². The summed E-state index contributed by atoms with van der Waals surface area (Å²) in [5.74, 6) is -1.58. The van der Waals surface area contributed by atoms with Crippen LogP contribution in [0.1, 0.15) is 30.4 Å². The summed E-state index contributed by atoms with van der Waals surface area (Å²) >= 11 is 12.2. The molecule has 2 N–H and O–H groups in total. The minimum absolute atomic E-state index is 0.0109. The Labute approximate surface area is 177 Å². The molecule has 8 heteroatoms. The van der Waals surface area contributed by atoms with Gasteiger partial charge in [-0.1, -0.05) is 41.4 Å². The fraction of sp³-hybridized carbons (Fsp3) is 0.333. The van der Waals surface area contributed by atoms with Gasteiger partial charge in [-0.05, 0) is 30.2 Å². The molecule has 5 rings (SSSR count). The lowest BCUT2D eigenvalue weighted by atomic mass is 9.74. The molecule has 3 aliphatic heterocycles. The Kier molecular flexibility index (Phi) is 4.18. The van der Waals surface area contributed by atoms with E-state index in [9.17, 15) is 9.59 Å². The van der Waals surface area contributed by atoms with E-state index in [2.05, 4.69) is 10.6 Å². The highest BCUT2D eigenvalue weighted by atomic mass is 35.5. The molecule has 0 unspecified atom stereocenters. The Hall–Kier alpha value is -2.15. The van der Waals surface area contributed by atoms with Gasteiger partial charge in [0, 0.05) is 41.7 Å². The largest absolute Gasteiger partial charge is 0.338 e. The number of hydrogen-bond acceptors (Lipinski definition) is 3. The summed E-state index contributed by atoms with van der Waals surface area (Å²) in [4.78, 5) is 27.5. The van der Waals surface area contributed by atoms with Crippen LogP contribution in [0.25, 0.3) is 0 Å². The van der Waals surface area contributed by atoms with E-state index < -0.39 is 17.3 Å². The molecule has 2 saturated heterocycles. The van der Waals surface area contributed by atoms with Crippen LogP contribution in [0.3, 0.4) is 0 Å². The van der Waals surface area contributed by atoms with Crippen LogP contribution in [0.5, 0.6) is 0 Å². The number of anilines is 1. The van der Waals surface area contributed by atoms with Crippen molar-refractivity contribution in [1.82, 2.24) is 10.2 Å². The number of rotatable bonds is 1. The smallest absolute Gasteiger partial charge is 0.250 e. The van der Waals surface area contributed by atoms with E-state index in [1.807, 2.05) is 0 Å². The Morgan fingerprint density at radius 1 is 1.28 bits per heavy atom. The van der Waals surface area contributed by atoms with Crippen molar-refractivity contribution in [3.05, 3.63) is 63.4 Å². The number of nitrogens with one attached hydrogen (secondary N) is 2. The maximum atomic E-state index is 15.2. The van der Waals surface area contributed by atoms with Gasteiger partial charge in [0.05, 0.1) is 11.1 Å². The molecule has 3 aliphatic rings. The zero-order chi connectivity index (χ0) is 20.5. The first-order chi connectivity index (χ1) is 13.8. The number of nitrogens with zero attached hydrogens (tertiary/aromatic N) is 1. The number of fused-ring (bicyclic) bond motifs is 3. The lowest BCUT2D eigenvalue weighted by molar-refractivity contribution is -0.131. The maximum Gasteiger partial charge on any atom is 0.250 e. The van der Waals surface area contributed by atoms with Crippen molar-refractivity contribution in [3.8, 4) is 0 Å². The molecule has 0 radical (unpaired) electrons. The van der Waals surface area contributed by atoms with Crippen LogP contribution in [0.2, 0.25) is 10.0 Å². The summed E-state index contributed by atoms with van der Waals surface area (Å²) < 4.78 is 15.2. The zero-order valence-corrected chi connectivity index (χ0v) is 17.0. The molecule has 1 spiro atoms. The summed E-state index contributed by atoms with van der Waals surface area (Å²) in [7, 11) is 0. The highest BCUT2D eigenvalue weighted by Crippen LogP contribution is 2.55. The van der Waals surface area contributed by atoms with Crippen molar-refractivity contribution in [2.75, 3.05) is 11.9 Å².